The fraction of sp³-hybridized carbons (Fsp3) is 0.0500. The van der Waals surface area contributed by atoms with E-state index in [1.54, 1.807) is 0 Å². The van der Waals surface area contributed by atoms with Crippen LogP contribution in [-0.2, 0) is 5.41 Å². The second kappa shape index (κ2) is 15.0. The van der Waals surface area contributed by atoms with E-state index in [0.717, 1.165) is 72.0 Å². The third kappa shape index (κ3) is 6.34. The summed E-state index contributed by atoms with van der Waals surface area (Å²) in [6, 6.07) is 74.9. The predicted molar refractivity (Wildman–Crippen MR) is 263 cm³/mol. The van der Waals surface area contributed by atoms with E-state index in [9.17, 15) is 0 Å². The minimum atomic E-state index is -0.116. The molecule has 0 unspecified atom stereocenters. The van der Waals surface area contributed by atoms with E-state index in [1.165, 1.54) is 33.4 Å². The Morgan fingerprint density at radius 2 is 0.812 bits per heavy atom. The molecular formula is C60H41N3O. The molecule has 1 aliphatic rings. The fourth-order valence-electron chi connectivity index (χ4n) is 9.81. The summed E-state index contributed by atoms with van der Waals surface area (Å²) in [5, 5.41) is 1.98. The normalized spacial score (nSPS) is 12.7. The Balaban J connectivity index is 0.991. The van der Waals surface area contributed by atoms with E-state index >= 15 is 0 Å². The highest BCUT2D eigenvalue weighted by atomic mass is 16.3. The Morgan fingerprint density at radius 1 is 0.328 bits per heavy atom. The van der Waals surface area contributed by atoms with Crippen LogP contribution in [0.2, 0.25) is 0 Å². The first-order valence-corrected chi connectivity index (χ1v) is 21.8. The van der Waals surface area contributed by atoms with Crippen molar-refractivity contribution in [1.82, 2.24) is 15.0 Å². The third-order valence-corrected chi connectivity index (χ3v) is 12.9. The molecule has 302 valence electrons. The molecule has 2 aromatic heterocycles. The number of benzene rings is 9. The van der Waals surface area contributed by atoms with E-state index in [-0.39, 0.29) is 5.41 Å². The Bertz CT molecular complexity index is 3570. The van der Waals surface area contributed by atoms with Crippen molar-refractivity contribution in [3.05, 3.63) is 223 Å². The summed E-state index contributed by atoms with van der Waals surface area (Å²) in [4.78, 5) is 15.6. The van der Waals surface area contributed by atoms with Gasteiger partial charge in [0, 0.05) is 32.9 Å². The van der Waals surface area contributed by atoms with E-state index in [4.69, 9.17) is 19.4 Å². The zero-order chi connectivity index (χ0) is 42.8. The van der Waals surface area contributed by atoms with Gasteiger partial charge in [0.05, 0.1) is 0 Å². The molecule has 64 heavy (non-hydrogen) atoms. The fourth-order valence-corrected chi connectivity index (χ4v) is 9.81. The molecule has 0 saturated heterocycles. The molecule has 0 N–H and O–H groups in total. The Labute approximate surface area is 372 Å². The highest BCUT2D eigenvalue weighted by Crippen LogP contribution is 2.52. The van der Waals surface area contributed by atoms with E-state index in [1.807, 2.05) is 24.3 Å². The van der Waals surface area contributed by atoms with Gasteiger partial charge in [-0.25, -0.2) is 15.0 Å². The van der Waals surface area contributed by atoms with Crippen LogP contribution in [0.1, 0.15) is 25.0 Å². The quantitative estimate of drug-likeness (QED) is 0.161. The van der Waals surface area contributed by atoms with Gasteiger partial charge in [-0.1, -0.05) is 196 Å². The van der Waals surface area contributed by atoms with Crippen LogP contribution in [0.15, 0.2) is 217 Å². The molecule has 12 rings (SSSR count). The van der Waals surface area contributed by atoms with Gasteiger partial charge >= 0.3 is 0 Å². The van der Waals surface area contributed by atoms with Crippen molar-refractivity contribution in [2.45, 2.75) is 19.3 Å². The number of nitrogens with zero attached hydrogens (tertiary/aromatic N) is 3. The standard InChI is InChI=1S/C60H41N3O/c1-60(2)52-27-10-9-23-48(52)49-25-13-24-47(56(49)60)45-21-11-20-43(35-45)44-33-34-53-51(37-44)55-50(26-14-28-54(55)64-53)59-62-57(41-31-29-40(30-32-41)38-15-5-3-6-16-38)61-58(63-59)46-22-12-19-42(36-46)39-17-7-4-8-18-39/h3-37H,1-2H3. The Morgan fingerprint density at radius 3 is 1.59 bits per heavy atom. The lowest BCUT2D eigenvalue weighted by molar-refractivity contribution is 0.662. The lowest BCUT2D eigenvalue weighted by atomic mass is 9.78. The largest absolute Gasteiger partial charge is 0.456 e. The van der Waals surface area contributed by atoms with Crippen LogP contribution in [0, 0.1) is 0 Å². The van der Waals surface area contributed by atoms with Crippen molar-refractivity contribution < 1.29 is 4.42 Å². The summed E-state index contributed by atoms with van der Waals surface area (Å²) in [7, 11) is 0. The second-order valence-corrected chi connectivity index (χ2v) is 17.2. The van der Waals surface area contributed by atoms with Crippen LogP contribution >= 0.6 is 0 Å². The van der Waals surface area contributed by atoms with Crippen molar-refractivity contribution in [2.24, 2.45) is 0 Å². The first-order chi connectivity index (χ1) is 31.5. The van der Waals surface area contributed by atoms with Crippen LogP contribution in [0.25, 0.3) is 112 Å². The smallest absolute Gasteiger partial charge is 0.164 e. The van der Waals surface area contributed by atoms with Crippen LogP contribution in [0.4, 0.5) is 0 Å². The SMILES string of the molecule is CC1(C)c2ccccc2-c2cccc(-c3cccc(-c4ccc5oc6cccc(-c7nc(-c8ccc(-c9ccccc9)cc8)nc(-c8cccc(-c9ccccc9)c8)n7)c6c5c4)c3)c21. The number of fused-ring (bicyclic) bond motifs is 6. The highest BCUT2D eigenvalue weighted by molar-refractivity contribution is 6.13. The number of hydrogen-bond acceptors (Lipinski definition) is 4. The monoisotopic (exact) mass is 819 g/mol. The Hall–Kier alpha value is -8.21. The van der Waals surface area contributed by atoms with Crippen molar-refractivity contribution in [2.75, 3.05) is 0 Å². The first kappa shape index (κ1) is 37.5. The first-order valence-electron chi connectivity index (χ1n) is 21.8. The zero-order valence-electron chi connectivity index (χ0n) is 35.5. The van der Waals surface area contributed by atoms with Crippen molar-refractivity contribution in [3.63, 3.8) is 0 Å². The Kier molecular flexibility index (Phi) is 8.80. The molecule has 0 spiro atoms. The van der Waals surface area contributed by atoms with Crippen molar-refractivity contribution in [3.8, 4) is 89.8 Å². The minimum Gasteiger partial charge on any atom is -0.456 e. The zero-order valence-corrected chi connectivity index (χ0v) is 35.5. The van der Waals surface area contributed by atoms with Crippen molar-refractivity contribution >= 4 is 21.9 Å². The molecule has 9 aromatic carbocycles. The van der Waals surface area contributed by atoms with Gasteiger partial charge in [-0.2, -0.15) is 0 Å². The molecular weight excluding hydrogens is 779 g/mol. The van der Waals surface area contributed by atoms with Gasteiger partial charge in [-0.15, -0.1) is 0 Å². The van der Waals surface area contributed by atoms with Gasteiger partial charge in [-0.3, -0.25) is 0 Å². The molecule has 0 fully saturated rings. The molecule has 0 bridgehead atoms. The van der Waals surface area contributed by atoms with E-state index in [2.05, 4.69) is 202 Å². The summed E-state index contributed by atoms with van der Waals surface area (Å²) >= 11 is 0. The molecule has 1 aliphatic carbocycles. The molecule has 4 nitrogen and oxygen atoms in total. The third-order valence-electron chi connectivity index (χ3n) is 12.9. The van der Waals surface area contributed by atoms with Crippen LogP contribution < -0.4 is 0 Å². The predicted octanol–water partition coefficient (Wildman–Crippen LogP) is 15.7. The van der Waals surface area contributed by atoms with E-state index < -0.39 is 0 Å². The van der Waals surface area contributed by atoms with Gasteiger partial charge in [0.1, 0.15) is 11.2 Å². The van der Waals surface area contributed by atoms with Crippen LogP contribution in [0.3, 0.4) is 0 Å². The maximum atomic E-state index is 6.58. The molecule has 0 saturated carbocycles. The van der Waals surface area contributed by atoms with Crippen LogP contribution in [-0.4, -0.2) is 15.0 Å². The van der Waals surface area contributed by atoms with Gasteiger partial charge in [0.2, 0.25) is 0 Å². The molecule has 0 atom stereocenters. The summed E-state index contributed by atoms with van der Waals surface area (Å²) in [5.41, 5.74) is 18.8. The lowest BCUT2D eigenvalue weighted by Crippen LogP contribution is -2.16. The highest BCUT2D eigenvalue weighted by Gasteiger charge is 2.37. The molecule has 4 heteroatoms. The summed E-state index contributed by atoms with van der Waals surface area (Å²) in [5.74, 6) is 1.79. The van der Waals surface area contributed by atoms with E-state index in [0.29, 0.717) is 17.5 Å². The van der Waals surface area contributed by atoms with Gasteiger partial charge in [-0.05, 0) is 97.1 Å². The van der Waals surface area contributed by atoms with Crippen molar-refractivity contribution in [1.29, 1.82) is 0 Å². The second-order valence-electron chi connectivity index (χ2n) is 17.2. The van der Waals surface area contributed by atoms with Gasteiger partial charge in [0.25, 0.3) is 0 Å². The van der Waals surface area contributed by atoms with Gasteiger partial charge < -0.3 is 4.42 Å². The maximum Gasteiger partial charge on any atom is 0.164 e. The van der Waals surface area contributed by atoms with Gasteiger partial charge in [0.15, 0.2) is 17.5 Å². The average Bonchev–Trinajstić information content (AvgIpc) is 3.86. The lowest BCUT2D eigenvalue weighted by Gasteiger charge is -2.24. The molecule has 0 aliphatic heterocycles. The average molecular weight is 820 g/mol. The topological polar surface area (TPSA) is 51.8 Å². The maximum absolute atomic E-state index is 6.58. The molecule has 0 radical (unpaired) electrons. The summed E-state index contributed by atoms with van der Waals surface area (Å²) < 4.78 is 6.58. The molecule has 0 amide bonds. The molecule has 2 heterocycles. The molecule has 11 aromatic rings. The van der Waals surface area contributed by atoms with Crippen LogP contribution in [0.5, 0.6) is 0 Å². The minimum absolute atomic E-state index is 0.116. The number of furan rings is 1. The summed E-state index contributed by atoms with van der Waals surface area (Å²) in [6.07, 6.45) is 0. The number of rotatable bonds is 7. The summed E-state index contributed by atoms with van der Waals surface area (Å²) in [6.45, 7) is 4.70. The number of aromatic nitrogens is 3. The number of hydrogen-bond donors (Lipinski definition) is 0.